The minimum Gasteiger partial charge on any atom is -0.391 e. The number of carbonyl (C=O) groups excluding carboxylic acids is 1. The van der Waals surface area contributed by atoms with Gasteiger partial charge < -0.3 is 19.3 Å². The van der Waals surface area contributed by atoms with Crippen LogP contribution in [0.1, 0.15) is 59.3 Å². The summed E-state index contributed by atoms with van der Waals surface area (Å²) in [5, 5.41) is 21.9. The number of nitriles is 1. The van der Waals surface area contributed by atoms with Crippen molar-refractivity contribution in [2.45, 2.75) is 100 Å². The Hall–Kier alpha value is -1.04. The van der Waals surface area contributed by atoms with E-state index in [2.05, 4.69) is 6.07 Å². The van der Waals surface area contributed by atoms with Crippen molar-refractivity contribution in [3.05, 3.63) is 11.6 Å². The van der Waals surface area contributed by atoms with Crippen LogP contribution in [-0.4, -0.2) is 58.2 Å². The maximum Gasteiger partial charge on any atom is 0.209 e. The summed E-state index contributed by atoms with van der Waals surface area (Å²) >= 11 is 7.46. The van der Waals surface area contributed by atoms with Crippen LogP contribution in [0.25, 0.3) is 0 Å². The number of ketones is 1. The van der Waals surface area contributed by atoms with Crippen molar-refractivity contribution in [2.24, 2.45) is 22.7 Å². The molecule has 2 saturated heterocycles. The van der Waals surface area contributed by atoms with Crippen LogP contribution in [0, 0.1) is 34.0 Å². The third-order valence-electron chi connectivity index (χ3n) is 10.4. The number of ether oxygens (including phenoxy) is 3. The van der Waals surface area contributed by atoms with Crippen molar-refractivity contribution in [2.75, 3.05) is 6.61 Å². The number of alkyl halides is 2. The van der Waals surface area contributed by atoms with Crippen molar-refractivity contribution < 1.29 is 28.5 Å². The number of fused-ring (bicyclic) bond motifs is 7. The Labute approximate surface area is 198 Å². The molecule has 33 heavy (non-hydrogen) atoms. The van der Waals surface area contributed by atoms with Crippen molar-refractivity contribution in [3.8, 4) is 6.07 Å². The Balaban J connectivity index is 1.49. The number of hydrogen-bond donors (Lipinski definition) is 1. The number of aliphatic hydroxyl groups excluding tert-OH is 1. The van der Waals surface area contributed by atoms with Gasteiger partial charge in [-0.2, -0.15) is 5.26 Å². The van der Waals surface area contributed by atoms with Crippen LogP contribution in [0.2, 0.25) is 0 Å². The molecule has 2 heterocycles. The molecule has 0 bridgehead atoms. The molecule has 0 radical (unpaired) electrons. The molecule has 180 valence electrons. The lowest BCUT2D eigenvalue weighted by Gasteiger charge is -2.65. The van der Waals surface area contributed by atoms with Gasteiger partial charge in [-0.25, -0.2) is 4.39 Å². The van der Waals surface area contributed by atoms with Crippen molar-refractivity contribution in [3.63, 3.8) is 0 Å². The third kappa shape index (κ3) is 2.31. The number of rotatable bonds is 2. The molecule has 11 atom stereocenters. The van der Waals surface area contributed by atoms with E-state index in [1.165, 1.54) is 6.08 Å². The monoisotopic (exact) mass is 479 g/mol. The Morgan fingerprint density at radius 3 is 2.70 bits per heavy atom. The maximum absolute atomic E-state index is 15.7. The molecule has 0 aromatic rings. The number of allylic oxidation sites excluding steroid dienone is 1. The Bertz CT molecular complexity index is 994. The van der Waals surface area contributed by atoms with Gasteiger partial charge in [0.25, 0.3) is 0 Å². The molecular weight excluding hydrogens is 449 g/mol. The van der Waals surface area contributed by atoms with Crippen LogP contribution in [0.5, 0.6) is 0 Å². The third-order valence-corrected chi connectivity index (χ3v) is 11.3. The van der Waals surface area contributed by atoms with Gasteiger partial charge in [-0.1, -0.05) is 20.8 Å². The van der Waals surface area contributed by atoms with E-state index in [0.717, 1.165) is 0 Å². The summed E-state index contributed by atoms with van der Waals surface area (Å²) in [6, 6.07) is 2.36. The molecule has 1 N–H and O–H groups in total. The molecule has 0 aromatic carbocycles. The molecule has 3 saturated carbocycles. The van der Waals surface area contributed by atoms with Crippen molar-refractivity contribution in [1.29, 1.82) is 5.26 Å². The molecule has 5 fully saturated rings. The average molecular weight is 480 g/mol. The minimum absolute atomic E-state index is 0.0809. The lowest BCUT2D eigenvalue weighted by molar-refractivity contribution is -0.209. The minimum atomic E-state index is -1.30. The van der Waals surface area contributed by atoms with Gasteiger partial charge in [-0.15, -0.1) is 11.6 Å². The normalized spacial score (nSPS) is 59.1. The highest BCUT2D eigenvalue weighted by molar-refractivity contribution is 6.26. The lowest BCUT2D eigenvalue weighted by Crippen LogP contribution is -2.71. The molecule has 2 unspecified atom stereocenters. The first-order valence-corrected chi connectivity index (χ1v) is 12.5. The molecule has 6 aliphatic rings. The smallest absolute Gasteiger partial charge is 0.209 e. The zero-order valence-electron chi connectivity index (χ0n) is 19.3. The van der Waals surface area contributed by atoms with E-state index in [0.29, 0.717) is 37.7 Å². The first-order chi connectivity index (χ1) is 15.5. The summed E-state index contributed by atoms with van der Waals surface area (Å²) < 4.78 is 34.4. The van der Waals surface area contributed by atoms with Crippen LogP contribution >= 0.6 is 11.6 Å². The predicted octanol–water partition coefficient (Wildman–Crippen LogP) is 3.59. The quantitative estimate of drug-likeness (QED) is 0.480. The topological polar surface area (TPSA) is 92.1 Å². The number of hydrogen-bond acceptors (Lipinski definition) is 6. The second kappa shape index (κ2) is 6.59. The fourth-order valence-corrected chi connectivity index (χ4v) is 9.27. The summed E-state index contributed by atoms with van der Waals surface area (Å²) in [4.78, 5) is 11.0. The number of halogens is 2. The second-order valence-corrected chi connectivity index (χ2v) is 12.1. The van der Waals surface area contributed by atoms with Gasteiger partial charge in [0, 0.05) is 17.3 Å². The van der Waals surface area contributed by atoms with Gasteiger partial charge in [-0.05, 0) is 55.6 Å². The number of carbonyl (C=O) groups is 1. The van der Waals surface area contributed by atoms with Crippen LogP contribution in [0.4, 0.5) is 4.39 Å². The van der Waals surface area contributed by atoms with Gasteiger partial charge in [0.15, 0.2) is 12.1 Å². The van der Waals surface area contributed by atoms with E-state index in [1.54, 1.807) is 0 Å². The highest BCUT2D eigenvalue weighted by Gasteiger charge is 2.85. The molecule has 4 aliphatic carbocycles. The second-order valence-electron chi connectivity index (χ2n) is 11.5. The van der Waals surface area contributed by atoms with E-state index in [1.807, 2.05) is 20.8 Å². The van der Waals surface area contributed by atoms with E-state index >= 15 is 4.39 Å². The van der Waals surface area contributed by atoms with E-state index in [-0.39, 0.29) is 36.8 Å². The lowest BCUT2D eigenvalue weighted by atomic mass is 9.44. The molecule has 6 nitrogen and oxygen atoms in total. The van der Waals surface area contributed by atoms with E-state index in [9.17, 15) is 15.2 Å². The van der Waals surface area contributed by atoms with Crippen LogP contribution in [-0.2, 0) is 19.0 Å². The van der Waals surface area contributed by atoms with Gasteiger partial charge in [-0.3, -0.25) is 4.79 Å². The Morgan fingerprint density at radius 1 is 1.33 bits per heavy atom. The number of epoxide rings is 1. The summed E-state index contributed by atoms with van der Waals surface area (Å²) in [6.45, 7) is 6.19. The molecule has 8 heteroatoms. The fraction of sp³-hybridized carbons (Fsp3) is 0.840. The SMILES string of the molecule is CCC1O[C@@H]2C[C@H]3[C@@H]4C[C@H](F)C5=CC(=O)CC[C@]5(C)[C@@]4(Cl)[C@@H](O)C[C@]3(C)[C@]2(C2(C#N)CO2)O1. The highest BCUT2D eigenvalue weighted by Crippen LogP contribution is 2.75. The highest BCUT2D eigenvalue weighted by atomic mass is 35.5. The fourth-order valence-electron chi connectivity index (χ4n) is 8.75. The zero-order valence-corrected chi connectivity index (χ0v) is 20.0. The summed E-state index contributed by atoms with van der Waals surface area (Å²) in [5.41, 5.74) is -3.25. The Morgan fingerprint density at radius 2 is 2.06 bits per heavy atom. The molecule has 0 amide bonds. The molecule has 0 aromatic heterocycles. The number of nitrogens with zero attached hydrogens (tertiary/aromatic N) is 1. The van der Waals surface area contributed by atoms with Crippen LogP contribution in [0.3, 0.4) is 0 Å². The van der Waals surface area contributed by atoms with Crippen molar-refractivity contribution >= 4 is 17.4 Å². The number of aliphatic hydroxyl groups is 1. The van der Waals surface area contributed by atoms with Crippen LogP contribution < -0.4 is 0 Å². The van der Waals surface area contributed by atoms with Crippen LogP contribution in [0.15, 0.2) is 11.6 Å². The molecular formula is C25H31ClFNO5. The molecule has 0 spiro atoms. The largest absolute Gasteiger partial charge is 0.391 e. The first kappa shape index (κ1) is 22.4. The van der Waals surface area contributed by atoms with Gasteiger partial charge >= 0.3 is 0 Å². The van der Waals surface area contributed by atoms with Gasteiger partial charge in [0.05, 0.1) is 23.7 Å². The maximum atomic E-state index is 15.7. The summed E-state index contributed by atoms with van der Waals surface area (Å²) in [7, 11) is 0. The average Bonchev–Trinajstić information content (AvgIpc) is 3.43. The van der Waals surface area contributed by atoms with E-state index < -0.39 is 45.5 Å². The first-order valence-electron chi connectivity index (χ1n) is 12.2. The zero-order chi connectivity index (χ0) is 23.6. The summed E-state index contributed by atoms with van der Waals surface area (Å²) in [5.74, 6) is -0.560. The summed E-state index contributed by atoms with van der Waals surface area (Å²) in [6.07, 6.45) is 0.702. The van der Waals surface area contributed by atoms with Gasteiger partial charge in [0.1, 0.15) is 17.8 Å². The Kier molecular flexibility index (Phi) is 4.48. The predicted molar refractivity (Wildman–Crippen MR) is 116 cm³/mol. The molecule has 2 aliphatic heterocycles. The van der Waals surface area contributed by atoms with Crippen molar-refractivity contribution in [1.82, 2.24) is 0 Å². The standard InChI is InChI=1S/C25H31ClFNO5/c1-4-20-32-19-9-14-15-8-17(27)16-7-13(29)5-6-21(16,2)24(15,26)18(30)10-22(14,3)25(19,33-20)23(11-28)12-31-23/h7,14-15,17-20,30H,4-6,8-10,12H2,1-3H3/t14-,15-,17-,18-,19+,20?,21-,22-,23?,24-,25+/m0/s1. The molecule has 6 rings (SSSR count). The van der Waals surface area contributed by atoms with Gasteiger partial charge in [0.2, 0.25) is 5.60 Å². The van der Waals surface area contributed by atoms with E-state index in [4.69, 9.17) is 25.8 Å².